The Hall–Kier alpha value is -1.81. The molecule has 2 heterocycles. The molecule has 1 aromatic heterocycles. The molecule has 1 aliphatic heterocycles. The van der Waals surface area contributed by atoms with E-state index in [1.165, 1.54) is 0 Å². The molecule has 0 saturated carbocycles. The van der Waals surface area contributed by atoms with Gasteiger partial charge in [0.25, 0.3) is 0 Å². The number of aromatic nitrogens is 1. The molecule has 4 heteroatoms. The average Bonchev–Trinajstić information content (AvgIpc) is 3.06. The Balaban J connectivity index is 1.99. The van der Waals surface area contributed by atoms with E-state index in [-0.39, 0.29) is 11.8 Å². The second-order valence-corrected chi connectivity index (χ2v) is 4.63. The molecule has 1 aliphatic rings. The number of benzene rings is 1. The summed E-state index contributed by atoms with van der Waals surface area (Å²) in [6.45, 7) is 0.937. The van der Waals surface area contributed by atoms with E-state index in [0.29, 0.717) is 0 Å². The van der Waals surface area contributed by atoms with Gasteiger partial charge in [0.2, 0.25) is 0 Å². The van der Waals surface area contributed by atoms with Crippen LogP contribution in [0.1, 0.15) is 23.2 Å². The summed E-state index contributed by atoms with van der Waals surface area (Å²) >= 11 is 0. The minimum absolute atomic E-state index is 0.0221. The van der Waals surface area contributed by atoms with Gasteiger partial charge in [-0.2, -0.15) is 0 Å². The Bertz CT molecular complexity index is 582. The van der Waals surface area contributed by atoms with Crippen molar-refractivity contribution in [1.29, 1.82) is 0 Å². The molecule has 2 aromatic rings. The molecule has 4 nitrogen and oxygen atoms in total. The zero-order chi connectivity index (χ0) is 12.5. The summed E-state index contributed by atoms with van der Waals surface area (Å²) in [6.07, 6.45) is 3.81. The molecule has 1 fully saturated rings. The maximum Gasteiger partial charge on any atom is 0.181 e. The Labute approximate surface area is 105 Å². The van der Waals surface area contributed by atoms with E-state index in [2.05, 4.69) is 10.3 Å². The Morgan fingerprint density at radius 3 is 3.06 bits per heavy atom. The molecule has 1 aromatic carbocycles. The van der Waals surface area contributed by atoms with E-state index >= 15 is 0 Å². The molecular weight excluding hydrogens is 228 g/mol. The van der Waals surface area contributed by atoms with E-state index in [1.807, 2.05) is 18.2 Å². The van der Waals surface area contributed by atoms with Crippen LogP contribution in [0.25, 0.3) is 10.9 Å². The number of hydrogen-bond acceptors (Lipinski definition) is 3. The van der Waals surface area contributed by atoms with Crippen LogP contribution in [0, 0.1) is 0 Å². The predicted molar refractivity (Wildman–Crippen MR) is 70.2 cm³/mol. The lowest BCUT2D eigenvalue weighted by Gasteiger charge is -2.07. The van der Waals surface area contributed by atoms with Crippen molar-refractivity contribution in [2.75, 3.05) is 13.7 Å². The van der Waals surface area contributed by atoms with Gasteiger partial charge in [0, 0.05) is 28.7 Å². The number of hydrogen-bond donors (Lipinski definition) is 2. The summed E-state index contributed by atoms with van der Waals surface area (Å²) in [6, 6.07) is 5.71. The lowest BCUT2D eigenvalue weighted by atomic mass is 10.0. The molecule has 94 valence electrons. The van der Waals surface area contributed by atoms with Crippen LogP contribution in [0.2, 0.25) is 0 Å². The molecule has 0 aliphatic carbocycles. The van der Waals surface area contributed by atoms with Gasteiger partial charge in [-0.05, 0) is 31.5 Å². The minimum Gasteiger partial charge on any atom is -0.497 e. The highest BCUT2D eigenvalue weighted by molar-refractivity contribution is 6.10. The van der Waals surface area contributed by atoms with Crippen LogP contribution in [-0.4, -0.2) is 30.5 Å². The summed E-state index contributed by atoms with van der Waals surface area (Å²) < 4.78 is 5.17. The number of H-pyrrole nitrogens is 1. The minimum atomic E-state index is -0.0221. The monoisotopic (exact) mass is 244 g/mol. The smallest absolute Gasteiger partial charge is 0.181 e. The lowest BCUT2D eigenvalue weighted by molar-refractivity contribution is 0.0954. The van der Waals surface area contributed by atoms with Gasteiger partial charge in [0.1, 0.15) is 5.75 Å². The first kappa shape index (κ1) is 11.3. The first-order valence-electron chi connectivity index (χ1n) is 6.22. The summed E-state index contributed by atoms with van der Waals surface area (Å²) in [7, 11) is 1.64. The summed E-state index contributed by atoms with van der Waals surface area (Å²) in [5.41, 5.74) is 1.71. The summed E-state index contributed by atoms with van der Waals surface area (Å²) in [5.74, 6) is 0.978. The first-order valence-corrected chi connectivity index (χ1v) is 6.22. The third kappa shape index (κ3) is 1.78. The third-order valence-electron chi connectivity index (χ3n) is 3.53. The van der Waals surface area contributed by atoms with E-state index in [4.69, 9.17) is 4.74 Å². The average molecular weight is 244 g/mol. The first-order chi connectivity index (χ1) is 8.79. The fourth-order valence-electron chi connectivity index (χ4n) is 2.53. The van der Waals surface area contributed by atoms with E-state index in [9.17, 15) is 4.79 Å². The Morgan fingerprint density at radius 2 is 2.33 bits per heavy atom. The molecule has 18 heavy (non-hydrogen) atoms. The molecule has 3 rings (SSSR count). The number of nitrogens with one attached hydrogen (secondary N) is 2. The largest absolute Gasteiger partial charge is 0.497 e. The maximum absolute atomic E-state index is 12.4. The van der Waals surface area contributed by atoms with Crippen molar-refractivity contribution in [3.05, 3.63) is 30.0 Å². The Kier molecular flexibility index (Phi) is 2.80. The van der Waals surface area contributed by atoms with Gasteiger partial charge in [-0.25, -0.2) is 0 Å². The van der Waals surface area contributed by atoms with E-state index in [1.54, 1.807) is 13.3 Å². The van der Waals surface area contributed by atoms with Gasteiger partial charge in [0.05, 0.1) is 13.2 Å². The van der Waals surface area contributed by atoms with Crippen LogP contribution >= 0.6 is 0 Å². The van der Waals surface area contributed by atoms with Gasteiger partial charge in [-0.3, -0.25) is 4.79 Å². The van der Waals surface area contributed by atoms with Crippen molar-refractivity contribution in [1.82, 2.24) is 10.3 Å². The zero-order valence-electron chi connectivity index (χ0n) is 10.3. The second kappa shape index (κ2) is 4.46. The third-order valence-corrected chi connectivity index (χ3v) is 3.53. The van der Waals surface area contributed by atoms with Gasteiger partial charge >= 0.3 is 0 Å². The van der Waals surface area contributed by atoms with E-state index in [0.717, 1.165) is 41.6 Å². The van der Waals surface area contributed by atoms with Crippen molar-refractivity contribution in [3.8, 4) is 5.75 Å². The number of ketones is 1. The number of Topliss-reactive ketones (excluding diaryl/α,β-unsaturated/α-hetero) is 1. The van der Waals surface area contributed by atoms with Crippen LogP contribution in [-0.2, 0) is 0 Å². The van der Waals surface area contributed by atoms with Gasteiger partial charge in [-0.15, -0.1) is 0 Å². The topological polar surface area (TPSA) is 54.1 Å². The van der Waals surface area contributed by atoms with Crippen molar-refractivity contribution in [2.45, 2.75) is 18.9 Å². The van der Waals surface area contributed by atoms with E-state index < -0.39 is 0 Å². The van der Waals surface area contributed by atoms with Gasteiger partial charge < -0.3 is 15.0 Å². The lowest BCUT2D eigenvalue weighted by Crippen LogP contribution is -2.30. The molecule has 0 amide bonds. The second-order valence-electron chi connectivity index (χ2n) is 4.63. The summed E-state index contributed by atoms with van der Waals surface area (Å²) in [4.78, 5) is 15.5. The van der Waals surface area contributed by atoms with Gasteiger partial charge in [-0.1, -0.05) is 0 Å². The van der Waals surface area contributed by atoms with Crippen molar-refractivity contribution >= 4 is 16.7 Å². The number of rotatable bonds is 3. The fourth-order valence-corrected chi connectivity index (χ4v) is 2.53. The molecule has 0 radical (unpaired) electrons. The van der Waals surface area contributed by atoms with Gasteiger partial charge in [0.15, 0.2) is 5.78 Å². The molecule has 0 spiro atoms. The molecule has 1 saturated heterocycles. The normalized spacial score (nSPS) is 19.3. The Morgan fingerprint density at radius 1 is 1.44 bits per heavy atom. The predicted octanol–water partition coefficient (Wildman–Crippen LogP) is 2.11. The van der Waals surface area contributed by atoms with Crippen LogP contribution in [0.5, 0.6) is 5.75 Å². The van der Waals surface area contributed by atoms with Crippen molar-refractivity contribution in [2.24, 2.45) is 0 Å². The quantitative estimate of drug-likeness (QED) is 0.813. The molecule has 1 atom stereocenters. The van der Waals surface area contributed by atoms with Crippen molar-refractivity contribution in [3.63, 3.8) is 0 Å². The fraction of sp³-hybridized carbons (Fsp3) is 0.357. The zero-order valence-corrected chi connectivity index (χ0v) is 10.3. The number of carbonyl (C=O) groups is 1. The molecule has 2 N–H and O–H groups in total. The molecular formula is C14H16N2O2. The maximum atomic E-state index is 12.4. The van der Waals surface area contributed by atoms with Crippen LogP contribution in [0.15, 0.2) is 24.4 Å². The van der Waals surface area contributed by atoms with Crippen LogP contribution in [0.4, 0.5) is 0 Å². The number of methoxy groups -OCH3 is 1. The SMILES string of the molecule is COc1ccc2c(C(=O)C3CCCN3)c[nH]c2c1. The highest BCUT2D eigenvalue weighted by Gasteiger charge is 2.25. The highest BCUT2D eigenvalue weighted by atomic mass is 16.5. The summed E-state index contributed by atoms with van der Waals surface area (Å²) in [5, 5.41) is 4.21. The van der Waals surface area contributed by atoms with Crippen LogP contribution in [0.3, 0.4) is 0 Å². The molecule has 1 unspecified atom stereocenters. The molecule has 0 bridgehead atoms. The number of carbonyl (C=O) groups excluding carboxylic acids is 1. The standard InChI is InChI=1S/C14H16N2O2/c1-18-9-4-5-10-11(8-16-13(10)7-9)14(17)12-3-2-6-15-12/h4-5,7-8,12,15-16H,2-3,6H2,1H3. The number of fused-ring (bicyclic) bond motifs is 1. The van der Waals surface area contributed by atoms with Crippen molar-refractivity contribution < 1.29 is 9.53 Å². The van der Waals surface area contributed by atoms with Crippen LogP contribution < -0.4 is 10.1 Å². The number of aromatic amines is 1. The highest BCUT2D eigenvalue weighted by Crippen LogP contribution is 2.25. The number of ether oxygens (including phenoxy) is 1.